The molecule has 0 radical (unpaired) electrons. The van der Waals surface area contributed by atoms with Crippen LogP contribution in [0.3, 0.4) is 0 Å². The number of hydrogen-bond acceptors (Lipinski definition) is 7. The molecular weight excluding hydrogens is 456 g/mol. The molecule has 0 fully saturated rings. The molecule has 0 spiro atoms. The summed E-state index contributed by atoms with van der Waals surface area (Å²) < 4.78 is 0. The summed E-state index contributed by atoms with van der Waals surface area (Å²) >= 11 is 0. The highest BCUT2D eigenvalue weighted by molar-refractivity contribution is 5.94. The van der Waals surface area contributed by atoms with E-state index in [0.29, 0.717) is 12.0 Å². The monoisotopic (exact) mass is 494 g/mol. The van der Waals surface area contributed by atoms with Gasteiger partial charge in [-0.3, -0.25) is 14.4 Å². The van der Waals surface area contributed by atoms with Gasteiger partial charge in [0, 0.05) is 0 Å². The summed E-state index contributed by atoms with van der Waals surface area (Å²) in [6.45, 7) is 8.16. The molecule has 11 heteroatoms. The van der Waals surface area contributed by atoms with Crippen LogP contribution in [0.2, 0.25) is 0 Å². The third-order valence-corrected chi connectivity index (χ3v) is 5.82. The Labute approximate surface area is 205 Å². The lowest BCUT2D eigenvalue weighted by Crippen LogP contribution is -2.61. The fourth-order valence-corrected chi connectivity index (χ4v) is 3.35. The number of carboxylic acids is 1. The molecule has 0 aliphatic rings. The Kier molecular flexibility index (Phi) is 11.6. The number of amides is 3. The Balaban J connectivity index is 2.90. The summed E-state index contributed by atoms with van der Waals surface area (Å²) in [7, 11) is 0. The number of aliphatic hydroxyl groups excluding tert-OH is 1. The number of carbonyl (C=O) groups is 4. The molecule has 196 valence electrons. The predicted molar refractivity (Wildman–Crippen MR) is 129 cm³/mol. The van der Waals surface area contributed by atoms with Gasteiger partial charge in [-0.05, 0) is 42.9 Å². The second kappa shape index (κ2) is 13.6. The van der Waals surface area contributed by atoms with Crippen LogP contribution in [0, 0.1) is 11.8 Å². The van der Waals surface area contributed by atoms with Crippen molar-refractivity contribution >= 4 is 23.7 Å². The van der Waals surface area contributed by atoms with Crippen LogP contribution in [0.5, 0.6) is 5.75 Å². The van der Waals surface area contributed by atoms with Crippen molar-refractivity contribution in [3.05, 3.63) is 29.8 Å². The topological polar surface area (TPSA) is 191 Å². The summed E-state index contributed by atoms with van der Waals surface area (Å²) in [5.41, 5.74) is 6.64. The molecule has 1 aromatic carbocycles. The molecule has 0 heterocycles. The van der Waals surface area contributed by atoms with Crippen molar-refractivity contribution < 1.29 is 34.5 Å². The molecule has 1 rings (SSSR count). The zero-order valence-corrected chi connectivity index (χ0v) is 20.8. The molecule has 0 saturated heterocycles. The molecule has 0 aliphatic heterocycles. The van der Waals surface area contributed by atoms with Gasteiger partial charge in [-0.2, -0.15) is 0 Å². The molecule has 0 aromatic heterocycles. The maximum atomic E-state index is 12.9. The number of aromatic hydroxyl groups is 1. The number of aliphatic carboxylic acids is 1. The SMILES string of the molecule is CCC(C)C(NC(=O)C(NC(=O)C(NC(=O)C(N)Cc1ccc(O)cc1)C(C)O)C(C)C)C(=O)O. The molecule has 8 N–H and O–H groups in total. The first-order valence-corrected chi connectivity index (χ1v) is 11.6. The number of phenols is 1. The number of nitrogens with two attached hydrogens (primary N) is 1. The average Bonchev–Trinajstić information content (AvgIpc) is 2.79. The van der Waals surface area contributed by atoms with Gasteiger partial charge in [0.15, 0.2) is 0 Å². The average molecular weight is 495 g/mol. The van der Waals surface area contributed by atoms with Crippen LogP contribution in [0.1, 0.15) is 46.6 Å². The highest BCUT2D eigenvalue weighted by Crippen LogP contribution is 2.12. The molecule has 3 amide bonds. The van der Waals surface area contributed by atoms with Gasteiger partial charge in [0.25, 0.3) is 0 Å². The summed E-state index contributed by atoms with van der Waals surface area (Å²) in [5.74, 6) is -4.03. The van der Waals surface area contributed by atoms with Crippen molar-refractivity contribution in [1.82, 2.24) is 16.0 Å². The molecule has 6 unspecified atom stereocenters. The van der Waals surface area contributed by atoms with Crippen LogP contribution in [-0.4, -0.2) is 69.3 Å². The minimum Gasteiger partial charge on any atom is -0.508 e. The van der Waals surface area contributed by atoms with Crippen molar-refractivity contribution in [3.63, 3.8) is 0 Å². The van der Waals surface area contributed by atoms with E-state index in [-0.39, 0.29) is 18.1 Å². The molecular formula is C24H38N4O7. The lowest BCUT2D eigenvalue weighted by atomic mass is 9.97. The van der Waals surface area contributed by atoms with Crippen molar-refractivity contribution in [2.45, 2.75) is 77.7 Å². The number of benzene rings is 1. The van der Waals surface area contributed by atoms with Crippen LogP contribution in [0.15, 0.2) is 24.3 Å². The fourth-order valence-electron chi connectivity index (χ4n) is 3.35. The van der Waals surface area contributed by atoms with Crippen LogP contribution in [0.25, 0.3) is 0 Å². The summed E-state index contributed by atoms with van der Waals surface area (Å²) in [6, 6.07) is 1.47. The van der Waals surface area contributed by atoms with E-state index in [2.05, 4.69) is 16.0 Å². The minimum absolute atomic E-state index is 0.0696. The smallest absolute Gasteiger partial charge is 0.326 e. The maximum Gasteiger partial charge on any atom is 0.326 e. The number of carboxylic acid groups (broad SMARTS) is 1. The van der Waals surface area contributed by atoms with Crippen molar-refractivity contribution in [1.29, 1.82) is 0 Å². The van der Waals surface area contributed by atoms with E-state index < -0.39 is 59.9 Å². The van der Waals surface area contributed by atoms with Gasteiger partial charge in [-0.1, -0.05) is 46.2 Å². The van der Waals surface area contributed by atoms with Crippen LogP contribution < -0.4 is 21.7 Å². The van der Waals surface area contributed by atoms with E-state index in [1.54, 1.807) is 39.8 Å². The largest absolute Gasteiger partial charge is 0.508 e. The normalized spacial score (nSPS) is 16.3. The molecule has 0 bridgehead atoms. The number of rotatable bonds is 13. The van der Waals surface area contributed by atoms with Crippen molar-refractivity contribution in [2.75, 3.05) is 0 Å². The van der Waals surface area contributed by atoms with Crippen LogP contribution >= 0.6 is 0 Å². The van der Waals surface area contributed by atoms with E-state index >= 15 is 0 Å². The summed E-state index contributed by atoms with van der Waals surface area (Å²) in [5, 5.41) is 36.3. The minimum atomic E-state index is -1.40. The Bertz CT molecular complexity index is 873. The second-order valence-electron chi connectivity index (χ2n) is 9.14. The van der Waals surface area contributed by atoms with E-state index in [1.807, 2.05) is 0 Å². The standard InChI is InChI=1S/C24H38N4O7/c1-6-13(4)19(24(34)35)27-22(32)18(12(2)3)26-23(33)20(14(5)29)28-21(31)17(25)11-15-7-9-16(30)10-8-15/h7-10,12-14,17-20,29-30H,6,11,25H2,1-5H3,(H,26,33)(H,27,32)(H,28,31)(H,34,35). The van der Waals surface area contributed by atoms with Gasteiger partial charge >= 0.3 is 5.97 Å². The van der Waals surface area contributed by atoms with E-state index in [0.717, 1.165) is 0 Å². The molecule has 35 heavy (non-hydrogen) atoms. The quantitative estimate of drug-likeness (QED) is 0.197. The number of aliphatic hydroxyl groups is 1. The molecule has 11 nitrogen and oxygen atoms in total. The van der Waals surface area contributed by atoms with Gasteiger partial charge in [-0.15, -0.1) is 0 Å². The van der Waals surface area contributed by atoms with Gasteiger partial charge in [0.05, 0.1) is 12.1 Å². The zero-order valence-electron chi connectivity index (χ0n) is 20.8. The first kappa shape index (κ1) is 29.9. The highest BCUT2D eigenvalue weighted by atomic mass is 16.4. The summed E-state index contributed by atoms with van der Waals surface area (Å²) in [6.07, 6.45) is -0.650. The number of nitrogens with one attached hydrogen (secondary N) is 3. The van der Waals surface area contributed by atoms with Gasteiger partial charge in [0.2, 0.25) is 17.7 Å². The first-order valence-electron chi connectivity index (χ1n) is 11.6. The van der Waals surface area contributed by atoms with Crippen LogP contribution in [-0.2, 0) is 25.6 Å². The van der Waals surface area contributed by atoms with E-state index in [9.17, 15) is 34.5 Å². The highest BCUT2D eigenvalue weighted by Gasteiger charge is 2.34. The van der Waals surface area contributed by atoms with E-state index in [1.165, 1.54) is 19.1 Å². The van der Waals surface area contributed by atoms with Gasteiger partial charge in [0.1, 0.15) is 23.9 Å². The number of phenolic OH excluding ortho intramolecular Hbond substituents is 1. The first-order chi connectivity index (χ1) is 16.3. The second-order valence-corrected chi connectivity index (χ2v) is 9.14. The van der Waals surface area contributed by atoms with Crippen molar-refractivity contribution in [2.24, 2.45) is 17.6 Å². The predicted octanol–water partition coefficient (Wildman–Crippen LogP) is -0.116. The van der Waals surface area contributed by atoms with Gasteiger partial charge < -0.3 is 37.0 Å². The lowest BCUT2D eigenvalue weighted by molar-refractivity contribution is -0.144. The van der Waals surface area contributed by atoms with Gasteiger partial charge in [-0.25, -0.2) is 4.79 Å². The maximum absolute atomic E-state index is 12.9. The van der Waals surface area contributed by atoms with E-state index in [4.69, 9.17) is 5.73 Å². The Morgan fingerprint density at radius 2 is 1.34 bits per heavy atom. The molecule has 6 atom stereocenters. The molecule has 0 saturated carbocycles. The fraction of sp³-hybridized carbons (Fsp3) is 0.583. The summed E-state index contributed by atoms with van der Waals surface area (Å²) in [4.78, 5) is 49.9. The van der Waals surface area contributed by atoms with Crippen molar-refractivity contribution in [3.8, 4) is 5.75 Å². The molecule has 0 aliphatic carbocycles. The Morgan fingerprint density at radius 1 is 0.857 bits per heavy atom. The third kappa shape index (κ3) is 9.18. The Morgan fingerprint density at radius 3 is 1.80 bits per heavy atom. The van der Waals surface area contributed by atoms with Crippen LogP contribution in [0.4, 0.5) is 0 Å². The molecule has 1 aromatic rings. The zero-order chi connectivity index (χ0) is 26.9. The third-order valence-electron chi connectivity index (χ3n) is 5.82. The lowest BCUT2D eigenvalue weighted by Gasteiger charge is -2.29. The Hall–Kier alpha value is -3.18. The number of hydrogen-bond donors (Lipinski definition) is 7. The number of carbonyl (C=O) groups excluding carboxylic acids is 3.